The van der Waals surface area contributed by atoms with E-state index in [-0.39, 0.29) is 12.2 Å². The molecule has 2 aromatic carbocycles. The van der Waals surface area contributed by atoms with Gasteiger partial charge < -0.3 is 20.1 Å². The highest BCUT2D eigenvalue weighted by atomic mass is 19.4. The van der Waals surface area contributed by atoms with Crippen LogP contribution >= 0.6 is 0 Å². The molecular weight excluding hydrogens is 492 g/mol. The van der Waals surface area contributed by atoms with Crippen molar-refractivity contribution in [1.29, 1.82) is 0 Å². The van der Waals surface area contributed by atoms with Crippen molar-refractivity contribution in [2.45, 2.75) is 51.6 Å². The summed E-state index contributed by atoms with van der Waals surface area (Å²) in [4.78, 5) is 2.06. The van der Waals surface area contributed by atoms with E-state index in [4.69, 9.17) is 0 Å². The number of nitrogens with one attached hydrogen (secondary N) is 2. The predicted molar refractivity (Wildman–Crippen MR) is 148 cm³/mol. The second-order valence-corrected chi connectivity index (χ2v) is 9.55. The molecule has 2 atom stereocenters. The largest absolute Gasteiger partial charge is 0.406 e. The Bertz CT molecular complexity index is 1330. The second kappa shape index (κ2) is 12.0. The molecule has 1 fully saturated rings. The lowest BCUT2D eigenvalue weighted by Gasteiger charge is -2.35. The number of aryl methyl sites for hydroxylation is 1. The standard InChI is InChI=1S/C30H34F4N4/c1-4-21-12-13-26(22(5-2)17-21)35-15-8-9-23-18-24-27(36-28-14-16-37(6-3)19-25(28)31)10-7-11-29(24)38(23)20-30(32,33)34/h4,7,10-13,17-18,25,28,35-36H,1,5-6,14-16,19-20H2,2-3H3. The zero-order chi connectivity index (χ0) is 27.3. The lowest BCUT2D eigenvalue weighted by molar-refractivity contribution is -0.140. The molecule has 4 rings (SSSR count). The molecule has 0 spiro atoms. The van der Waals surface area contributed by atoms with Gasteiger partial charge in [0.2, 0.25) is 0 Å². The minimum atomic E-state index is -4.41. The highest BCUT2D eigenvalue weighted by Gasteiger charge is 2.31. The number of anilines is 2. The maximum atomic E-state index is 14.8. The van der Waals surface area contributed by atoms with E-state index in [1.807, 2.05) is 25.1 Å². The Morgan fingerprint density at radius 3 is 2.63 bits per heavy atom. The van der Waals surface area contributed by atoms with Crippen LogP contribution < -0.4 is 10.6 Å². The average Bonchev–Trinajstić information content (AvgIpc) is 3.24. The third-order valence-electron chi connectivity index (χ3n) is 7.03. The van der Waals surface area contributed by atoms with Crippen molar-refractivity contribution in [2.24, 2.45) is 0 Å². The van der Waals surface area contributed by atoms with E-state index in [0.29, 0.717) is 29.6 Å². The van der Waals surface area contributed by atoms with Gasteiger partial charge in [0.15, 0.2) is 0 Å². The van der Waals surface area contributed by atoms with Crippen LogP contribution in [0.4, 0.5) is 28.9 Å². The van der Waals surface area contributed by atoms with Gasteiger partial charge in [0.25, 0.3) is 0 Å². The molecule has 2 N–H and O–H groups in total. The van der Waals surface area contributed by atoms with Gasteiger partial charge in [-0.15, -0.1) is 0 Å². The van der Waals surface area contributed by atoms with Crippen LogP contribution in [-0.4, -0.2) is 54.0 Å². The predicted octanol–water partition coefficient (Wildman–Crippen LogP) is 6.72. The fourth-order valence-electron chi connectivity index (χ4n) is 4.96. The first-order valence-electron chi connectivity index (χ1n) is 13.0. The molecule has 1 aromatic heterocycles. The summed E-state index contributed by atoms with van der Waals surface area (Å²) in [6.45, 7) is 8.89. The lowest BCUT2D eigenvalue weighted by Crippen LogP contribution is -2.47. The fourth-order valence-corrected chi connectivity index (χ4v) is 4.96. The summed E-state index contributed by atoms with van der Waals surface area (Å²) in [6, 6.07) is 12.4. The van der Waals surface area contributed by atoms with Gasteiger partial charge in [-0.2, -0.15) is 13.2 Å². The van der Waals surface area contributed by atoms with Gasteiger partial charge in [0, 0.05) is 29.9 Å². The monoisotopic (exact) mass is 526 g/mol. The third-order valence-corrected chi connectivity index (χ3v) is 7.03. The number of likely N-dealkylation sites (tertiary alicyclic amines) is 1. The minimum absolute atomic E-state index is 0.267. The number of aromatic nitrogens is 1. The van der Waals surface area contributed by atoms with Crippen LogP contribution in [0, 0.1) is 11.8 Å². The molecule has 8 heteroatoms. The number of halogens is 4. The summed E-state index contributed by atoms with van der Waals surface area (Å²) >= 11 is 0. The summed E-state index contributed by atoms with van der Waals surface area (Å²) in [5.41, 5.74) is 4.38. The molecule has 38 heavy (non-hydrogen) atoms. The number of hydrogen-bond donors (Lipinski definition) is 2. The minimum Gasteiger partial charge on any atom is -0.379 e. The molecule has 0 aliphatic carbocycles. The van der Waals surface area contributed by atoms with E-state index in [0.717, 1.165) is 36.3 Å². The zero-order valence-electron chi connectivity index (χ0n) is 21.8. The van der Waals surface area contributed by atoms with E-state index in [9.17, 15) is 17.6 Å². The normalized spacial score (nSPS) is 18.2. The summed E-state index contributed by atoms with van der Waals surface area (Å²) in [6.07, 6.45) is -2.24. The van der Waals surface area contributed by atoms with Crippen LogP contribution in [-0.2, 0) is 13.0 Å². The Morgan fingerprint density at radius 2 is 1.95 bits per heavy atom. The molecule has 1 aliphatic rings. The van der Waals surface area contributed by atoms with E-state index >= 15 is 0 Å². The summed E-state index contributed by atoms with van der Waals surface area (Å²) < 4.78 is 56.6. The van der Waals surface area contributed by atoms with Gasteiger partial charge in [-0.1, -0.05) is 44.6 Å². The molecule has 1 aliphatic heterocycles. The van der Waals surface area contributed by atoms with Crippen molar-refractivity contribution >= 4 is 28.4 Å². The smallest absolute Gasteiger partial charge is 0.379 e. The molecule has 0 bridgehead atoms. The highest BCUT2D eigenvalue weighted by molar-refractivity contribution is 5.94. The maximum Gasteiger partial charge on any atom is 0.406 e. The number of benzene rings is 2. The Balaban J connectivity index is 1.60. The van der Waals surface area contributed by atoms with Gasteiger partial charge in [0.05, 0.1) is 23.8 Å². The topological polar surface area (TPSA) is 32.2 Å². The van der Waals surface area contributed by atoms with Gasteiger partial charge in [-0.3, -0.25) is 0 Å². The molecule has 2 unspecified atom stereocenters. The number of fused-ring (bicyclic) bond motifs is 1. The molecule has 4 nitrogen and oxygen atoms in total. The van der Waals surface area contributed by atoms with Crippen molar-refractivity contribution < 1.29 is 17.6 Å². The first-order chi connectivity index (χ1) is 18.2. The molecule has 1 saturated heterocycles. The number of piperidine rings is 1. The maximum absolute atomic E-state index is 14.8. The first kappa shape index (κ1) is 27.6. The van der Waals surface area contributed by atoms with Crippen LogP contribution in [0.5, 0.6) is 0 Å². The van der Waals surface area contributed by atoms with Gasteiger partial charge >= 0.3 is 6.18 Å². The van der Waals surface area contributed by atoms with Crippen molar-refractivity contribution in [1.82, 2.24) is 9.47 Å². The SMILES string of the molecule is C=Cc1ccc(NCC#Cc2cc3c(NC4CCN(CC)CC4F)cccc3n2CC(F)(F)F)c(CC)c1. The van der Waals surface area contributed by atoms with E-state index < -0.39 is 24.9 Å². The Kier molecular flexibility index (Phi) is 8.68. The summed E-state index contributed by atoms with van der Waals surface area (Å²) in [5.74, 6) is 5.92. The van der Waals surface area contributed by atoms with Crippen molar-refractivity contribution in [3.05, 3.63) is 65.9 Å². The Morgan fingerprint density at radius 1 is 1.13 bits per heavy atom. The van der Waals surface area contributed by atoms with E-state index in [2.05, 4.69) is 40.9 Å². The first-order valence-corrected chi connectivity index (χ1v) is 13.0. The number of nitrogens with zero attached hydrogens (tertiary/aromatic N) is 2. The molecule has 0 saturated carbocycles. The lowest BCUT2D eigenvalue weighted by atomic mass is 10.0. The molecule has 0 radical (unpaired) electrons. The van der Waals surface area contributed by atoms with Crippen LogP contribution in [0.25, 0.3) is 17.0 Å². The van der Waals surface area contributed by atoms with E-state index in [1.165, 1.54) is 4.57 Å². The molecular formula is C30H34F4N4. The van der Waals surface area contributed by atoms with Crippen molar-refractivity contribution in [3.63, 3.8) is 0 Å². The van der Waals surface area contributed by atoms with Crippen LogP contribution in [0.3, 0.4) is 0 Å². The molecule has 2 heterocycles. The molecule has 202 valence electrons. The average molecular weight is 527 g/mol. The van der Waals surface area contributed by atoms with Gasteiger partial charge in [0.1, 0.15) is 12.7 Å². The number of alkyl halides is 4. The number of rotatable bonds is 8. The molecule has 0 amide bonds. The third kappa shape index (κ3) is 6.51. The zero-order valence-corrected chi connectivity index (χ0v) is 21.8. The van der Waals surface area contributed by atoms with Crippen LogP contribution in [0.1, 0.15) is 37.1 Å². The summed E-state index contributed by atoms with van der Waals surface area (Å²) in [7, 11) is 0. The molecule has 3 aromatic rings. The Labute approximate surface area is 221 Å². The van der Waals surface area contributed by atoms with E-state index in [1.54, 1.807) is 30.3 Å². The Hall–Kier alpha value is -3.44. The van der Waals surface area contributed by atoms with Crippen molar-refractivity contribution in [2.75, 3.05) is 36.8 Å². The van der Waals surface area contributed by atoms with Crippen LogP contribution in [0.2, 0.25) is 0 Å². The number of hydrogen-bond acceptors (Lipinski definition) is 3. The summed E-state index contributed by atoms with van der Waals surface area (Å²) in [5, 5.41) is 7.14. The quantitative estimate of drug-likeness (QED) is 0.253. The van der Waals surface area contributed by atoms with Crippen LogP contribution in [0.15, 0.2) is 49.0 Å². The second-order valence-electron chi connectivity index (χ2n) is 9.55. The van der Waals surface area contributed by atoms with Gasteiger partial charge in [-0.25, -0.2) is 4.39 Å². The van der Waals surface area contributed by atoms with Gasteiger partial charge in [-0.05, 0) is 66.8 Å². The fraction of sp³-hybridized carbons (Fsp3) is 0.400. The van der Waals surface area contributed by atoms with Crippen molar-refractivity contribution in [3.8, 4) is 11.8 Å². The highest BCUT2D eigenvalue weighted by Crippen LogP contribution is 2.31.